The number of nitrogens with one attached hydrogen (secondary N) is 1. The van der Waals surface area contributed by atoms with Crippen molar-refractivity contribution < 1.29 is 27.1 Å². The van der Waals surface area contributed by atoms with E-state index >= 15 is 0 Å². The molecule has 1 amide bonds. The van der Waals surface area contributed by atoms with Crippen LogP contribution in [-0.4, -0.2) is 44.1 Å². The van der Waals surface area contributed by atoms with E-state index in [1.54, 1.807) is 6.92 Å². The topological polar surface area (TPSA) is 92.8 Å². The Labute approximate surface area is 220 Å². The second-order valence-corrected chi connectivity index (χ2v) is 12.0. The van der Waals surface area contributed by atoms with Crippen LogP contribution in [0.4, 0.5) is 9.39 Å². The second-order valence-electron chi connectivity index (χ2n) is 8.80. The number of fused-ring (bicyclic) bond motifs is 1. The maximum absolute atomic E-state index is 13.1. The summed E-state index contributed by atoms with van der Waals surface area (Å²) in [5.41, 5.74) is 2.51. The lowest BCUT2D eigenvalue weighted by atomic mass is 10.0. The van der Waals surface area contributed by atoms with Gasteiger partial charge in [-0.1, -0.05) is 30.3 Å². The molecule has 2 aromatic carbocycles. The fourth-order valence-corrected chi connectivity index (χ4v) is 6.92. The molecule has 1 aliphatic heterocycles. The predicted octanol–water partition coefficient (Wildman–Crippen LogP) is 4.81. The van der Waals surface area contributed by atoms with E-state index in [0.29, 0.717) is 23.5 Å². The van der Waals surface area contributed by atoms with Gasteiger partial charge in [-0.15, -0.1) is 11.3 Å². The molecule has 37 heavy (non-hydrogen) atoms. The molecule has 0 unspecified atom stereocenters. The van der Waals surface area contributed by atoms with Crippen molar-refractivity contribution in [2.75, 3.05) is 24.2 Å². The minimum Gasteiger partial charge on any atom is -0.462 e. The zero-order chi connectivity index (χ0) is 26.4. The van der Waals surface area contributed by atoms with E-state index in [2.05, 4.69) is 22.3 Å². The number of carbonyl (C=O) groups is 2. The van der Waals surface area contributed by atoms with E-state index in [9.17, 15) is 22.4 Å². The molecule has 0 saturated heterocycles. The molecule has 1 N–H and O–H groups in total. The Morgan fingerprint density at radius 1 is 1.11 bits per heavy atom. The number of esters is 1. The van der Waals surface area contributed by atoms with E-state index in [4.69, 9.17) is 4.74 Å². The van der Waals surface area contributed by atoms with Crippen LogP contribution in [0.3, 0.4) is 0 Å². The number of ether oxygens (including phenoxy) is 1. The number of sulfone groups is 1. The molecular weight excluding hydrogens is 515 g/mol. The number of halogens is 1. The van der Waals surface area contributed by atoms with Crippen LogP contribution < -0.4 is 5.32 Å². The van der Waals surface area contributed by atoms with Gasteiger partial charge in [0.05, 0.1) is 22.8 Å². The van der Waals surface area contributed by atoms with Gasteiger partial charge in [0, 0.05) is 30.9 Å². The molecule has 0 saturated carbocycles. The molecule has 196 valence electrons. The number of thiophene rings is 1. The van der Waals surface area contributed by atoms with Gasteiger partial charge < -0.3 is 10.1 Å². The average molecular weight is 545 g/mol. The standard InChI is InChI=1S/C27H29FN2O5S2/c1-2-35-27(32)25-22-14-15-30(17-19-7-4-3-5-8-19)18-23(22)36-26(25)29-24(31)9-6-16-37(33,34)21-12-10-20(28)11-13-21/h3-5,7-8,10-13H,2,6,9,14-18H2,1H3,(H,29,31). The number of carbonyl (C=O) groups excluding carboxylic acids is 2. The van der Waals surface area contributed by atoms with Gasteiger partial charge in [-0.2, -0.15) is 0 Å². The summed E-state index contributed by atoms with van der Waals surface area (Å²) >= 11 is 1.37. The predicted molar refractivity (Wildman–Crippen MR) is 141 cm³/mol. The van der Waals surface area contributed by atoms with E-state index in [1.807, 2.05) is 18.2 Å². The summed E-state index contributed by atoms with van der Waals surface area (Å²) in [6.45, 7) is 4.18. The van der Waals surface area contributed by atoms with Crippen molar-refractivity contribution in [3.63, 3.8) is 0 Å². The summed E-state index contributed by atoms with van der Waals surface area (Å²) in [5, 5.41) is 3.26. The van der Waals surface area contributed by atoms with E-state index in [-0.39, 0.29) is 36.0 Å². The molecule has 0 fully saturated rings. The van der Waals surface area contributed by atoms with Crippen molar-refractivity contribution in [2.24, 2.45) is 0 Å². The van der Waals surface area contributed by atoms with E-state index < -0.39 is 21.6 Å². The van der Waals surface area contributed by atoms with Crippen LogP contribution in [0.25, 0.3) is 0 Å². The number of amides is 1. The molecular formula is C27H29FN2O5S2. The molecule has 1 aliphatic rings. The summed E-state index contributed by atoms with van der Waals surface area (Å²) in [6, 6.07) is 14.8. The minimum atomic E-state index is -3.63. The molecule has 4 rings (SSSR count). The van der Waals surface area contributed by atoms with Crippen molar-refractivity contribution in [2.45, 2.75) is 44.2 Å². The maximum atomic E-state index is 13.1. The summed E-state index contributed by atoms with van der Waals surface area (Å²) in [6.07, 6.45) is 0.722. The van der Waals surface area contributed by atoms with Crippen LogP contribution >= 0.6 is 11.3 Å². The third-order valence-electron chi connectivity index (χ3n) is 6.11. The summed E-state index contributed by atoms with van der Waals surface area (Å²) in [4.78, 5) is 28.8. The lowest BCUT2D eigenvalue weighted by molar-refractivity contribution is -0.116. The number of nitrogens with zero attached hydrogens (tertiary/aromatic N) is 1. The van der Waals surface area contributed by atoms with Gasteiger partial charge in [-0.05, 0) is 55.2 Å². The Hall–Kier alpha value is -3.08. The quantitative estimate of drug-likeness (QED) is 0.291. The van der Waals surface area contributed by atoms with Gasteiger partial charge in [0.25, 0.3) is 0 Å². The lowest BCUT2D eigenvalue weighted by Gasteiger charge is -2.27. The Bertz CT molecular complexity index is 1360. The fourth-order valence-electron chi connectivity index (χ4n) is 4.31. The van der Waals surface area contributed by atoms with Crippen LogP contribution in [0.15, 0.2) is 59.5 Å². The molecule has 0 bridgehead atoms. The number of hydrogen-bond acceptors (Lipinski definition) is 7. The zero-order valence-corrected chi connectivity index (χ0v) is 22.2. The maximum Gasteiger partial charge on any atom is 0.341 e. The van der Waals surface area contributed by atoms with Crippen molar-refractivity contribution in [1.29, 1.82) is 0 Å². The third kappa shape index (κ3) is 6.82. The number of hydrogen-bond donors (Lipinski definition) is 1. The molecule has 1 aromatic heterocycles. The fraction of sp³-hybridized carbons (Fsp3) is 0.333. The highest BCUT2D eigenvalue weighted by Gasteiger charge is 2.29. The second kappa shape index (κ2) is 12.0. The molecule has 7 nitrogen and oxygen atoms in total. The highest BCUT2D eigenvalue weighted by Crippen LogP contribution is 2.38. The number of anilines is 1. The first-order valence-electron chi connectivity index (χ1n) is 12.1. The van der Waals surface area contributed by atoms with Gasteiger partial charge >= 0.3 is 5.97 Å². The van der Waals surface area contributed by atoms with Crippen LogP contribution in [-0.2, 0) is 38.9 Å². The first-order chi connectivity index (χ1) is 17.8. The minimum absolute atomic E-state index is 0.0184. The molecule has 3 aromatic rings. The van der Waals surface area contributed by atoms with Gasteiger partial charge in [0.1, 0.15) is 10.8 Å². The SMILES string of the molecule is CCOC(=O)c1c(NC(=O)CCCS(=O)(=O)c2ccc(F)cc2)sc2c1CCN(Cc1ccccc1)C2. The normalized spacial score (nSPS) is 13.7. The molecule has 0 atom stereocenters. The molecule has 0 radical (unpaired) electrons. The third-order valence-corrected chi connectivity index (χ3v) is 9.06. The average Bonchev–Trinajstić information content (AvgIpc) is 3.22. The molecule has 10 heteroatoms. The highest BCUT2D eigenvalue weighted by atomic mass is 32.2. The van der Waals surface area contributed by atoms with Crippen molar-refractivity contribution in [1.82, 2.24) is 4.90 Å². The van der Waals surface area contributed by atoms with Crippen LogP contribution in [0.5, 0.6) is 0 Å². The first-order valence-corrected chi connectivity index (χ1v) is 14.6. The van der Waals surface area contributed by atoms with Gasteiger partial charge in [-0.3, -0.25) is 9.69 Å². The molecule has 0 aliphatic carbocycles. The summed E-state index contributed by atoms with van der Waals surface area (Å²) < 4.78 is 43.3. The van der Waals surface area contributed by atoms with Gasteiger partial charge in [0.15, 0.2) is 9.84 Å². The largest absolute Gasteiger partial charge is 0.462 e. The van der Waals surface area contributed by atoms with Crippen molar-refractivity contribution in [3.8, 4) is 0 Å². The van der Waals surface area contributed by atoms with Crippen LogP contribution in [0, 0.1) is 5.82 Å². The molecule has 0 spiro atoms. The van der Waals surface area contributed by atoms with Gasteiger partial charge in [0.2, 0.25) is 5.91 Å². The monoisotopic (exact) mass is 544 g/mol. The van der Waals surface area contributed by atoms with E-state index in [0.717, 1.165) is 35.7 Å². The van der Waals surface area contributed by atoms with Gasteiger partial charge in [-0.25, -0.2) is 17.6 Å². The summed E-state index contributed by atoms with van der Waals surface area (Å²) in [7, 11) is -3.63. The Morgan fingerprint density at radius 2 is 1.84 bits per heavy atom. The highest BCUT2D eigenvalue weighted by molar-refractivity contribution is 7.91. The number of benzene rings is 2. The Kier molecular flexibility index (Phi) is 8.73. The van der Waals surface area contributed by atoms with Crippen molar-refractivity contribution in [3.05, 3.63) is 82.0 Å². The zero-order valence-electron chi connectivity index (χ0n) is 20.5. The molecule has 2 heterocycles. The lowest BCUT2D eigenvalue weighted by Crippen LogP contribution is -2.29. The Morgan fingerprint density at radius 3 is 2.54 bits per heavy atom. The Balaban J connectivity index is 1.42. The van der Waals surface area contributed by atoms with Crippen LogP contribution in [0.1, 0.15) is 46.1 Å². The summed E-state index contributed by atoms with van der Waals surface area (Å²) in [5.74, 6) is -1.60. The van der Waals surface area contributed by atoms with Crippen molar-refractivity contribution >= 4 is 38.1 Å². The first kappa shape index (κ1) is 27.0. The van der Waals surface area contributed by atoms with E-state index in [1.165, 1.54) is 29.0 Å². The smallest absolute Gasteiger partial charge is 0.341 e. The number of rotatable bonds is 10. The van der Waals surface area contributed by atoms with Crippen LogP contribution in [0.2, 0.25) is 0 Å².